The number of aromatic hydroxyl groups is 1. The van der Waals surface area contributed by atoms with Gasteiger partial charge in [0.1, 0.15) is 0 Å². The minimum absolute atomic E-state index is 0.00921. The van der Waals surface area contributed by atoms with Crippen LogP contribution < -0.4 is 4.74 Å². The van der Waals surface area contributed by atoms with Crippen molar-refractivity contribution in [3.63, 3.8) is 0 Å². The third-order valence-corrected chi connectivity index (χ3v) is 4.07. The van der Waals surface area contributed by atoms with Crippen LogP contribution in [0.1, 0.15) is 6.92 Å². The van der Waals surface area contributed by atoms with Crippen LogP contribution in [0.15, 0.2) is 21.1 Å². The zero-order chi connectivity index (χ0) is 21.8. The molecule has 0 bridgehead atoms. The first-order chi connectivity index (χ1) is 12.9. The SMILES string of the molecule is CCOc1c(Br)cc(F)c(F)c1[N+](=O)[O-].O=[N+]([O-])c1c(O)c(Br)cc(F)c1F. The molecule has 0 radical (unpaired) electrons. The molecule has 0 aliphatic carbocycles. The third-order valence-electron chi connectivity index (χ3n) is 2.88. The molecule has 0 saturated heterocycles. The van der Waals surface area contributed by atoms with Crippen LogP contribution in [0.5, 0.6) is 11.5 Å². The Morgan fingerprint density at radius 3 is 1.82 bits per heavy atom. The molecule has 0 unspecified atom stereocenters. The van der Waals surface area contributed by atoms with E-state index in [9.17, 15) is 37.8 Å². The number of phenolic OH excluding ortho intramolecular Hbond substituents is 1. The van der Waals surface area contributed by atoms with Gasteiger partial charge in [-0.2, -0.15) is 8.78 Å². The molecule has 0 saturated carbocycles. The molecule has 2 aromatic rings. The highest BCUT2D eigenvalue weighted by molar-refractivity contribution is 9.10. The van der Waals surface area contributed by atoms with Gasteiger partial charge in [-0.05, 0) is 50.9 Å². The number of rotatable bonds is 4. The summed E-state index contributed by atoms with van der Waals surface area (Å²) in [5.74, 6) is -7.11. The van der Waals surface area contributed by atoms with Crippen molar-refractivity contribution in [1.29, 1.82) is 0 Å². The van der Waals surface area contributed by atoms with Gasteiger partial charge >= 0.3 is 11.4 Å². The number of halogens is 6. The Bertz CT molecular complexity index is 919. The summed E-state index contributed by atoms with van der Waals surface area (Å²) in [4.78, 5) is 18.5. The monoisotopic (exact) mass is 534 g/mol. The van der Waals surface area contributed by atoms with E-state index in [-0.39, 0.29) is 21.3 Å². The number of nitro benzene ring substituents is 2. The number of hydrogen-bond acceptors (Lipinski definition) is 6. The van der Waals surface area contributed by atoms with Gasteiger partial charge < -0.3 is 9.84 Å². The molecule has 28 heavy (non-hydrogen) atoms. The van der Waals surface area contributed by atoms with Gasteiger partial charge in [0.2, 0.25) is 23.1 Å². The Balaban J connectivity index is 0.000000283. The molecule has 0 amide bonds. The molecular weight excluding hydrogens is 528 g/mol. The van der Waals surface area contributed by atoms with E-state index in [0.717, 1.165) is 6.07 Å². The first kappa shape index (κ1) is 23.6. The number of phenols is 1. The van der Waals surface area contributed by atoms with E-state index in [1.165, 1.54) is 0 Å². The van der Waals surface area contributed by atoms with E-state index in [0.29, 0.717) is 6.07 Å². The molecule has 0 aliphatic rings. The standard InChI is InChI=1S/C8H6BrF2NO3.C6H2BrF2NO3/c1-2-15-8-4(9)3-5(10)6(11)7(8)12(13)14;7-2-1-3(8)4(9)5(6(2)11)10(12)13/h3H,2H2,1H3;1,11H. The van der Waals surface area contributed by atoms with Gasteiger partial charge in [0.25, 0.3) is 0 Å². The molecule has 0 fully saturated rings. The molecule has 14 heteroatoms. The lowest BCUT2D eigenvalue weighted by Gasteiger charge is -2.07. The Morgan fingerprint density at radius 1 is 0.964 bits per heavy atom. The Morgan fingerprint density at radius 2 is 1.39 bits per heavy atom. The van der Waals surface area contributed by atoms with Crippen LogP contribution in [0.4, 0.5) is 28.9 Å². The van der Waals surface area contributed by atoms with Crippen molar-refractivity contribution >= 4 is 43.2 Å². The third kappa shape index (κ3) is 5.07. The zero-order valence-electron chi connectivity index (χ0n) is 13.5. The quantitative estimate of drug-likeness (QED) is 0.243. The number of benzene rings is 2. The average Bonchev–Trinajstić information content (AvgIpc) is 2.58. The lowest BCUT2D eigenvalue weighted by atomic mass is 10.2. The van der Waals surface area contributed by atoms with Crippen LogP contribution >= 0.6 is 31.9 Å². The topological polar surface area (TPSA) is 116 Å². The first-order valence-electron chi connectivity index (χ1n) is 6.89. The van der Waals surface area contributed by atoms with Gasteiger partial charge in [-0.3, -0.25) is 20.2 Å². The molecule has 1 N–H and O–H groups in total. The van der Waals surface area contributed by atoms with Crippen molar-refractivity contribution in [2.75, 3.05) is 6.61 Å². The molecule has 0 spiro atoms. The molecule has 0 heterocycles. The molecule has 8 nitrogen and oxygen atoms in total. The summed E-state index contributed by atoms with van der Waals surface area (Å²) in [6.45, 7) is 1.70. The van der Waals surface area contributed by atoms with E-state index < -0.39 is 50.2 Å². The van der Waals surface area contributed by atoms with Crippen molar-refractivity contribution in [1.82, 2.24) is 0 Å². The van der Waals surface area contributed by atoms with Crippen LogP contribution in [-0.2, 0) is 0 Å². The highest BCUT2D eigenvalue weighted by atomic mass is 79.9. The van der Waals surface area contributed by atoms with E-state index in [1.54, 1.807) is 6.92 Å². The summed E-state index contributed by atoms with van der Waals surface area (Å²) in [6.07, 6.45) is 0. The Labute approximate surface area is 170 Å². The lowest BCUT2D eigenvalue weighted by molar-refractivity contribution is -0.389. The van der Waals surface area contributed by atoms with Crippen molar-refractivity contribution in [3.8, 4) is 11.5 Å². The smallest absolute Gasteiger partial charge is 0.350 e. The molecule has 0 atom stereocenters. The van der Waals surface area contributed by atoms with Gasteiger partial charge in [-0.1, -0.05) is 0 Å². The van der Waals surface area contributed by atoms with Crippen molar-refractivity contribution in [3.05, 3.63) is 64.6 Å². The predicted molar refractivity (Wildman–Crippen MR) is 94.3 cm³/mol. The van der Waals surface area contributed by atoms with E-state index >= 15 is 0 Å². The average molecular weight is 536 g/mol. The van der Waals surface area contributed by atoms with E-state index in [1.807, 2.05) is 0 Å². The predicted octanol–water partition coefficient (Wildman–Crippen LogP) is 5.38. The maximum absolute atomic E-state index is 13.1. The zero-order valence-corrected chi connectivity index (χ0v) is 16.7. The molecule has 2 aromatic carbocycles. The van der Waals surface area contributed by atoms with Crippen LogP contribution in [0.25, 0.3) is 0 Å². The fourth-order valence-corrected chi connectivity index (χ4v) is 2.64. The van der Waals surface area contributed by atoms with E-state index in [4.69, 9.17) is 9.84 Å². The van der Waals surface area contributed by atoms with Crippen molar-refractivity contribution < 1.29 is 37.3 Å². The summed E-state index contributed by atoms with van der Waals surface area (Å²) >= 11 is 5.50. The number of hydrogen-bond donors (Lipinski definition) is 1. The second-order valence-electron chi connectivity index (χ2n) is 4.63. The van der Waals surface area contributed by atoms with Gasteiger partial charge in [0.15, 0.2) is 11.6 Å². The van der Waals surface area contributed by atoms with Crippen LogP contribution in [0.2, 0.25) is 0 Å². The summed E-state index contributed by atoms with van der Waals surface area (Å²) in [5, 5.41) is 29.7. The lowest BCUT2D eigenvalue weighted by Crippen LogP contribution is -2.02. The number of nitro groups is 2. The van der Waals surface area contributed by atoms with E-state index in [2.05, 4.69) is 31.9 Å². The van der Waals surface area contributed by atoms with Gasteiger partial charge in [0.05, 0.1) is 25.4 Å². The molecular formula is C14H8Br2F4N2O6. The maximum atomic E-state index is 13.1. The molecule has 0 aliphatic heterocycles. The summed E-state index contributed by atoms with van der Waals surface area (Å²) in [7, 11) is 0. The van der Waals surface area contributed by atoms with Crippen molar-refractivity contribution in [2.45, 2.75) is 6.92 Å². The van der Waals surface area contributed by atoms with Crippen molar-refractivity contribution in [2.24, 2.45) is 0 Å². The highest BCUT2D eigenvalue weighted by Crippen LogP contribution is 2.39. The maximum Gasteiger partial charge on any atom is 0.350 e. The van der Waals surface area contributed by atoms with Gasteiger partial charge in [-0.25, -0.2) is 8.78 Å². The summed E-state index contributed by atoms with van der Waals surface area (Å²) < 4.78 is 55.8. The summed E-state index contributed by atoms with van der Waals surface area (Å²) in [5.41, 5.74) is -2.27. The van der Waals surface area contributed by atoms with Gasteiger partial charge in [-0.15, -0.1) is 0 Å². The minimum Gasteiger partial charge on any atom is -0.501 e. The van der Waals surface area contributed by atoms with Crippen LogP contribution in [-0.4, -0.2) is 21.6 Å². The van der Waals surface area contributed by atoms with Gasteiger partial charge in [0, 0.05) is 0 Å². The second kappa shape index (κ2) is 9.64. The van der Waals surface area contributed by atoms with Crippen LogP contribution in [0, 0.1) is 43.5 Å². The Kier molecular flexibility index (Phi) is 8.11. The van der Waals surface area contributed by atoms with Crippen LogP contribution in [0.3, 0.4) is 0 Å². The fourth-order valence-electron chi connectivity index (χ4n) is 1.75. The molecule has 0 aromatic heterocycles. The first-order valence-corrected chi connectivity index (χ1v) is 8.48. The molecule has 2 rings (SSSR count). The highest BCUT2D eigenvalue weighted by Gasteiger charge is 2.28. The second-order valence-corrected chi connectivity index (χ2v) is 6.34. The largest absolute Gasteiger partial charge is 0.501 e. The number of nitrogens with zero attached hydrogens (tertiary/aromatic N) is 2. The minimum atomic E-state index is -1.68. The normalized spacial score (nSPS) is 10.1. The molecule has 152 valence electrons. The Hall–Kier alpha value is -2.48. The number of ether oxygens (including phenoxy) is 1. The summed E-state index contributed by atoms with van der Waals surface area (Å²) in [6, 6.07) is 1.39. The fraction of sp³-hybridized carbons (Fsp3) is 0.143.